The Kier molecular flexibility index (Phi) is 3.75. The Bertz CT molecular complexity index is 518. The van der Waals surface area contributed by atoms with Crippen LogP contribution in [0.25, 0.3) is 0 Å². The van der Waals surface area contributed by atoms with Crippen molar-refractivity contribution in [2.24, 2.45) is 0 Å². The van der Waals surface area contributed by atoms with E-state index in [9.17, 15) is 8.42 Å². The second-order valence-electron chi connectivity index (χ2n) is 5.11. The molecule has 0 aliphatic carbocycles. The third-order valence-corrected chi connectivity index (χ3v) is 4.98. The van der Waals surface area contributed by atoms with Crippen molar-refractivity contribution >= 4 is 10.0 Å². The Hall–Kier alpha value is -0.910. The first-order valence-electron chi connectivity index (χ1n) is 6.22. The highest BCUT2D eigenvalue weighted by atomic mass is 32.2. The Labute approximate surface area is 109 Å². The number of nitrogens with zero attached hydrogens (tertiary/aromatic N) is 1. The van der Waals surface area contributed by atoms with E-state index in [1.165, 1.54) is 0 Å². The minimum atomic E-state index is -3.36. The molecule has 0 saturated carbocycles. The Morgan fingerprint density at radius 2 is 1.83 bits per heavy atom. The van der Waals surface area contributed by atoms with Crippen LogP contribution in [0.3, 0.4) is 0 Å². The molecular formula is C13H20N2O2S. The van der Waals surface area contributed by atoms with Crippen molar-refractivity contribution in [3.8, 4) is 0 Å². The van der Waals surface area contributed by atoms with Crippen molar-refractivity contribution in [2.75, 3.05) is 13.1 Å². The average Bonchev–Trinajstić information content (AvgIpc) is 2.27. The van der Waals surface area contributed by atoms with Gasteiger partial charge in [0.1, 0.15) is 0 Å². The Balaban J connectivity index is 2.31. The molecular weight excluding hydrogens is 248 g/mol. The molecule has 100 valence electrons. The van der Waals surface area contributed by atoms with Gasteiger partial charge in [0.05, 0.1) is 4.90 Å². The molecule has 2 atom stereocenters. The number of rotatable bonds is 2. The number of hydrogen-bond acceptors (Lipinski definition) is 3. The molecule has 1 aliphatic rings. The van der Waals surface area contributed by atoms with Crippen LogP contribution in [0.5, 0.6) is 0 Å². The van der Waals surface area contributed by atoms with E-state index in [0.717, 1.165) is 5.56 Å². The van der Waals surface area contributed by atoms with Gasteiger partial charge in [0, 0.05) is 25.2 Å². The SMILES string of the molecule is Cc1cccc(S(=O)(=O)N2C[C@H](C)N[C@@H](C)C2)c1. The van der Waals surface area contributed by atoms with Crippen LogP contribution in [0.4, 0.5) is 0 Å². The number of benzene rings is 1. The molecule has 2 rings (SSSR count). The zero-order chi connectivity index (χ0) is 13.3. The lowest BCUT2D eigenvalue weighted by molar-refractivity contribution is 0.263. The van der Waals surface area contributed by atoms with Gasteiger partial charge in [-0.05, 0) is 38.5 Å². The predicted molar refractivity (Wildman–Crippen MR) is 72.0 cm³/mol. The molecule has 4 nitrogen and oxygen atoms in total. The first-order chi connectivity index (χ1) is 8.39. The summed E-state index contributed by atoms with van der Waals surface area (Å²) in [6.07, 6.45) is 0. The van der Waals surface area contributed by atoms with Crippen LogP contribution in [-0.4, -0.2) is 37.9 Å². The van der Waals surface area contributed by atoms with Crippen molar-refractivity contribution in [3.05, 3.63) is 29.8 Å². The number of hydrogen-bond donors (Lipinski definition) is 1. The summed E-state index contributed by atoms with van der Waals surface area (Å²) in [4.78, 5) is 0.392. The fourth-order valence-electron chi connectivity index (χ4n) is 2.40. The van der Waals surface area contributed by atoms with E-state index in [0.29, 0.717) is 18.0 Å². The van der Waals surface area contributed by atoms with Gasteiger partial charge in [-0.1, -0.05) is 12.1 Å². The van der Waals surface area contributed by atoms with Crippen molar-refractivity contribution < 1.29 is 8.42 Å². The van der Waals surface area contributed by atoms with Gasteiger partial charge in [0.2, 0.25) is 10.0 Å². The monoisotopic (exact) mass is 268 g/mol. The minimum Gasteiger partial charge on any atom is -0.309 e. The van der Waals surface area contributed by atoms with Crippen LogP contribution in [0, 0.1) is 6.92 Å². The van der Waals surface area contributed by atoms with E-state index in [4.69, 9.17) is 0 Å². The van der Waals surface area contributed by atoms with Gasteiger partial charge in [-0.2, -0.15) is 4.31 Å². The summed E-state index contributed by atoms with van der Waals surface area (Å²) >= 11 is 0. The Morgan fingerprint density at radius 1 is 1.22 bits per heavy atom. The average molecular weight is 268 g/mol. The molecule has 1 heterocycles. The summed E-state index contributed by atoms with van der Waals surface area (Å²) in [6.45, 7) is 6.98. The topological polar surface area (TPSA) is 49.4 Å². The van der Waals surface area contributed by atoms with Crippen molar-refractivity contribution in [3.63, 3.8) is 0 Å². The van der Waals surface area contributed by atoms with Gasteiger partial charge in [0.15, 0.2) is 0 Å². The molecule has 0 spiro atoms. The van der Waals surface area contributed by atoms with Crippen LogP contribution in [0.15, 0.2) is 29.2 Å². The fraction of sp³-hybridized carbons (Fsp3) is 0.538. The molecule has 0 amide bonds. The summed E-state index contributed by atoms with van der Waals surface area (Å²) < 4.78 is 26.6. The standard InChI is InChI=1S/C13H20N2O2S/c1-10-5-4-6-13(7-10)18(16,17)15-8-11(2)14-12(3)9-15/h4-7,11-12,14H,8-9H2,1-3H3/t11-,12-/m0/s1. The molecule has 1 saturated heterocycles. The Morgan fingerprint density at radius 3 is 2.39 bits per heavy atom. The third kappa shape index (κ3) is 2.74. The first-order valence-corrected chi connectivity index (χ1v) is 7.66. The van der Waals surface area contributed by atoms with E-state index in [2.05, 4.69) is 5.32 Å². The second-order valence-corrected chi connectivity index (χ2v) is 7.05. The van der Waals surface area contributed by atoms with Crippen LogP contribution in [0.1, 0.15) is 19.4 Å². The van der Waals surface area contributed by atoms with Gasteiger partial charge in [-0.3, -0.25) is 0 Å². The minimum absolute atomic E-state index is 0.188. The summed E-state index contributed by atoms with van der Waals surface area (Å²) in [5, 5.41) is 3.34. The van der Waals surface area contributed by atoms with Crippen LogP contribution < -0.4 is 5.32 Å². The summed E-state index contributed by atoms with van der Waals surface area (Å²) in [5.74, 6) is 0. The first kappa shape index (κ1) is 13.5. The normalized spacial score (nSPS) is 26.2. The van der Waals surface area contributed by atoms with Crippen LogP contribution >= 0.6 is 0 Å². The number of nitrogens with one attached hydrogen (secondary N) is 1. The van der Waals surface area contributed by atoms with E-state index >= 15 is 0 Å². The maximum atomic E-state index is 12.5. The highest BCUT2D eigenvalue weighted by Gasteiger charge is 2.31. The molecule has 1 aromatic rings. The van der Waals surface area contributed by atoms with Gasteiger partial charge >= 0.3 is 0 Å². The van der Waals surface area contributed by atoms with E-state index in [1.54, 1.807) is 22.5 Å². The van der Waals surface area contributed by atoms with Gasteiger partial charge < -0.3 is 5.32 Å². The molecule has 5 heteroatoms. The summed E-state index contributed by atoms with van der Waals surface area (Å²) in [6, 6.07) is 7.47. The highest BCUT2D eigenvalue weighted by Crippen LogP contribution is 2.19. The zero-order valence-corrected chi connectivity index (χ0v) is 11.9. The highest BCUT2D eigenvalue weighted by molar-refractivity contribution is 7.89. The lowest BCUT2D eigenvalue weighted by atomic mass is 10.2. The van der Waals surface area contributed by atoms with Crippen molar-refractivity contribution in [1.29, 1.82) is 0 Å². The maximum Gasteiger partial charge on any atom is 0.243 e. The summed E-state index contributed by atoms with van der Waals surface area (Å²) in [5.41, 5.74) is 0.965. The largest absolute Gasteiger partial charge is 0.309 e. The maximum absolute atomic E-state index is 12.5. The summed E-state index contributed by atoms with van der Waals surface area (Å²) in [7, 11) is -3.36. The molecule has 18 heavy (non-hydrogen) atoms. The predicted octanol–water partition coefficient (Wildman–Crippen LogP) is 1.37. The number of piperazine rings is 1. The lowest BCUT2D eigenvalue weighted by Crippen LogP contribution is -2.55. The quantitative estimate of drug-likeness (QED) is 0.881. The van der Waals surface area contributed by atoms with E-state index in [-0.39, 0.29) is 12.1 Å². The molecule has 1 N–H and O–H groups in total. The number of aryl methyl sites for hydroxylation is 1. The molecule has 0 radical (unpaired) electrons. The van der Waals surface area contributed by atoms with Gasteiger partial charge in [-0.15, -0.1) is 0 Å². The molecule has 1 aromatic carbocycles. The van der Waals surface area contributed by atoms with E-state index < -0.39 is 10.0 Å². The van der Waals surface area contributed by atoms with Crippen molar-refractivity contribution in [2.45, 2.75) is 37.8 Å². The zero-order valence-electron chi connectivity index (χ0n) is 11.1. The van der Waals surface area contributed by atoms with Crippen LogP contribution in [-0.2, 0) is 10.0 Å². The number of sulfonamides is 1. The smallest absolute Gasteiger partial charge is 0.243 e. The van der Waals surface area contributed by atoms with Gasteiger partial charge in [-0.25, -0.2) is 8.42 Å². The molecule has 0 bridgehead atoms. The molecule has 0 aromatic heterocycles. The van der Waals surface area contributed by atoms with Crippen LogP contribution in [0.2, 0.25) is 0 Å². The van der Waals surface area contributed by atoms with Gasteiger partial charge in [0.25, 0.3) is 0 Å². The molecule has 1 fully saturated rings. The molecule has 0 unspecified atom stereocenters. The fourth-order valence-corrected chi connectivity index (χ4v) is 4.12. The lowest BCUT2D eigenvalue weighted by Gasteiger charge is -2.35. The molecule has 1 aliphatic heterocycles. The second kappa shape index (κ2) is 4.99. The van der Waals surface area contributed by atoms with Crippen molar-refractivity contribution in [1.82, 2.24) is 9.62 Å². The van der Waals surface area contributed by atoms with E-state index in [1.807, 2.05) is 26.8 Å². The third-order valence-electron chi connectivity index (χ3n) is 3.15.